The molecule has 5 rings (SSSR count). The number of hydrogen-bond donors (Lipinski definition) is 1. The smallest absolute Gasteiger partial charge is 0.343 e. The van der Waals surface area contributed by atoms with Gasteiger partial charge < -0.3 is 28.8 Å². The molecule has 0 spiro atoms. The molecule has 1 N–H and O–H groups in total. The number of rotatable bonds is 13. The van der Waals surface area contributed by atoms with Crippen LogP contribution in [0.2, 0.25) is 0 Å². The zero-order valence-electron chi connectivity index (χ0n) is 23.2. The van der Waals surface area contributed by atoms with E-state index >= 15 is 0 Å². The lowest BCUT2D eigenvalue weighted by molar-refractivity contribution is 0.0725. The molecule has 8 nitrogen and oxygen atoms in total. The van der Waals surface area contributed by atoms with E-state index in [4.69, 9.17) is 23.7 Å². The number of esters is 2. The molecule has 2 atom stereocenters. The van der Waals surface area contributed by atoms with E-state index in [0.29, 0.717) is 47.2 Å². The Bertz CT molecular complexity index is 1460. The highest BCUT2D eigenvalue weighted by Crippen LogP contribution is 2.26. The predicted molar refractivity (Wildman–Crippen MR) is 156 cm³/mol. The minimum atomic E-state index is -0.513. The standard InChI is InChI=1S/C34H32O8/c1-2-3-27(35)20-38-28-12-8-25(9-13-28)33(36)41-30-16-4-23(5-17-30)24-6-18-31(19-7-24)42-34(37)26-10-14-29(15-11-26)39-21-32-22-40-32/h4-19,27,32,35H,2-3,20-22H2,1H3. The van der Waals surface area contributed by atoms with Gasteiger partial charge in [0.1, 0.15) is 42.3 Å². The fraction of sp³-hybridized carbons (Fsp3) is 0.235. The van der Waals surface area contributed by atoms with Crippen molar-refractivity contribution in [2.75, 3.05) is 19.8 Å². The second kappa shape index (κ2) is 13.8. The molecule has 8 heteroatoms. The Kier molecular flexibility index (Phi) is 9.48. The van der Waals surface area contributed by atoms with Crippen LogP contribution in [0.5, 0.6) is 23.0 Å². The molecule has 0 saturated carbocycles. The summed E-state index contributed by atoms with van der Waals surface area (Å²) in [6.07, 6.45) is 1.21. The van der Waals surface area contributed by atoms with E-state index in [-0.39, 0.29) is 12.7 Å². The summed E-state index contributed by atoms with van der Waals surface area (Å²) in [5.74, 6) is 1.14. The monoisotopic (exact) mass is 568 g/mol. The molecule has 1 heterocycles. The van der Waals surface area contributed by atoms with Gasteiger partial charge >= 0.3 is 11.9 Å². The van der Waals surface area contributed by atoms with Crippen molar-refractivity contribution in [1.29, 1.82) is 0 Å². The molecule has 1 fully saturated rings. The van der Waals surface area contributed by atoms with Gasteiger partial charge in [-0.2, -0.15) is 0 Å². The average molecular weight is 569 g/mol. The van der Waals surface area contributed by atoms with Gasteiger partial charge in [0.15, 0.2) is 0 Å². The predicted octanol–water partition coefficient (Wildman–Crippen LogP) is 6.11. The maximum atomic E-state index is 12.6. The fourth-order valence-electron chi connectivity index (χ4n) is 4.10. The van der Waals surface area contributed by atoms with Crippen molar-refractivity contribution in [3.63, 3.8) is 0 Å². The summed E-state index contributed by atoms with van der Waals surface area (Å²) in [6.45, 7) is 3.44. The number of epoxide rings is 1. The van der Waals surface area contributed by atoms with E-state index in [9.17, 15) is 14.7 Å². The number of hydrogen-bond acceptors (Lipinski definition) is 8. The first-order chi connectivity index (χ1) is 20.5. The normalized spacial score (nSPS) is 14.5. The fourth-order valence-corrected chi connectivity index (χ4v) is 4.10. The average Bonchev–Trinajstić information content (AvgIpc) is 3.85. The Balaban J connectivity index is 1.11. The van der Waals surface area contributed by atoms with Gasteiger partial charge in [-0.05, 0) is 90.3 Å². The van der Waals surface area contributed by atoms with E-state index in [2.05, 4.69) is 0 Å². The van der Waals surface area contributed by atoms with E-state index < -0.39 is 18.0 Å². The molecule has 4 aromatic rings. The van der Waals surface area contributed by atoms with Gasteiger partial charge in [-0.15, -0.1) is 0 Å². The first-order valence-electron chi connectivity index (χ1n) is 13.9. The summed E-state index contributed by atoms with van der Waals surface area (Å²) in [7, 11) is 0. The minimum absolute atomic E-state index is 0.167. The Labute approximate surface area is 244 Å². The van der Waals surface area contributed by atoms with Crippen molar-refractivity contribution in [3.8, 4) is 34.1 Å². The molecule has 216 valence electrons. The third-order valence-electron chi connectivity index (χ3n) is 6.55. The third kappa shape index (κ3) is 8.19. The summed E-state index contributed by atoms with van der Waals surface area (Å²) >= 11 is 0. The SMILES string of the molecule is CCCC(O)COc1ccc(C(=O)Oc2ccc(-c3ccc(OC(=O)c4ccc(OCC5CO5)cc4)cc3)cc2)cc1. The molecular formula is C34H32O8. The molecule has 1 aliphatic rings. The van der Waals surface area contributed by atoms with Crippen LogP contribution in [0.3, 0.4) is 0 Å². The number of carbonyl (C=O) groups excluding carboxylic acids is 2. The maximum Gasteiger partial charge on any atom is 0.343 e. The van der Waals surface area contributed by atoms with Gasteiger partial charge in [0, 0.05) is 0 Å². The zero-order valence-corrected chi connectivity index (χ0v) is 23.2. The lowest BCUT2D eigenvalue weighted by Crippen LogP contribution is -2.17. The van der Waals surface area contributed by atoms with E-state index in [1.54, 1.807) is 72.8 Å². The molecule has 0 aromatic heterocycles. The molecule has 0 bridgehead atoms. The Morgan fingerprint density at radius 2 is 1.14 bits per heavy atom. The second-order valence-electron chi connectivity index (χ2n) is 9.90. The molecule has 0 radical (unpaired) electrons. The van der Waals surface area contributed by atoms with Gasteiger partial charge in [0.2, 0.25) is 0 Å². The van der Waals surface area contributed by atoms with Crippen LogP contribution in [0.1, 0.15) is 40.5 Å². The number of aliphatic hydroxyl groups excluding tert-OH is 1. The van der Waals surface area contributed by atoms with Crippen LogP contribution in [0, 0.1) is 0 Å². The summed E-state index contributed by atoms with van der Waals surface area (Å²) in [5, 5.41) is 9.80. The maximum absolute atomic E-state index is 12.6. The second-order valence-corrected chi connectivity index (χ2v) is 9.90. The Morgan fingerprint density at radius 3 is 1.57 bits per heavy atom. The number of benzene rings is 4. The van der Waals surface area contributed by atoms with Crippen molar-refractivity contribution in [3.05, 3.63) is 108 Å². The summed E-state index contributed by atoms with van der Waals surface area (Å²) in [6, 6.07) is 27.7. The highest BCUT2D eigenvalue weighted by molar-refractivity contribution is 5.92. The first kappa shape index (κ1) is 28.9. The highest BCUT2D eigenvalue weighted by atomic mass is 16.6. The Hall–Kier alpha value is -4.66. The van der Waals surface area contributed by atoms with Gasteiger partial charge in [-0.3, -0.25) is 0 Å². The third-order valence-corrected chi connectivity index (χ3v) is 6.55. The van der Waals surface area contributed by atoms with E-state index in [1.165, 1.54) is 0 Å². The van der Waals surface area contributed by atoms with Crippen LogP contribution >= 0.6 is 0 Å². The molecule has 0 aliphatic carbocycles. The molecule has 42 heavy (non-hydrogen) atoms. The van der Waals surface area contributed by atoms with Crippen molar-refractivity contribution in [1.82, 2.24) is 0 Å². The highest BCUT2D eigenvalue weighted by Gasteiger charge is 2.23. The van der Waals surface area contributed by atoms with Crippen LogP contribution in [-0.4, -0.2) is 49.1 Å². The molecular weight excluding hydrogens is 536 g/mol. The van der Waals surface area contributed by atoms with Crippen molar-refractivity contribution < 1.29 is 38.4 Å². The largest absolute Gasteiger partial charge is 0.491 e. The van der Waals surface area contributed by atoms with Crippen molar-refractivity contribution >= 4 is 11.9 Å². The number of ether oxygens (including phenoxy) is 5. The first-order valence-corrected chi connectivity index (χ1v) is 13.9. The summed E-state index contributed by atoms with van der Waals surface area (Å²) < 4.78 is 27.3. The van der Waals surface area contributed by atoms with E-state index in [0.717, 1.165) is 24.2 Å². The van der Waals surface area contributed by atoms with E-state index in [1.807, 2.05) is 31.2 Å². The zero-order chi connectivity index (χ0) is 29.3. The molecule has 0 amide bonds. The number of carbonyl (C=O) groups is 2. The Morgan fingerprint density at radius 1 is 0.714 bits per heavy atom. The lowest BCUT2D eigenvalue weighted by atomic mass is 10.1. The number of aliphatic hydroxyl groups is 1. The topological polar surface area (TPSA) is 104 Å². The van der Waals surface area contributed by atoms with Gasteiger partial charge in [0.05, 0.1) is 23.8 Å². The van der Waals surface area contributed by atoms with Crippen LogP contribution in [0.25, 0.3) is 11.1 Å². The van der Waals surface area contributed by atoms with Gasteiger partial charge in [-0.25, -0.2) is 9.59 Å². The molecule has 2 unspecified atom stereocenters. The quantitative estimate of drug-likeness (QED) is 0.117. The summed E-state index contributed by atoms with van der Waals surface area (Å²) in [4.78, 5) is 25.1. The summed E-state index contributed by atoms with van der Waals surface area (Å²) in [5.41, 5.74) is 2.63. The van der Waals surface area contributed by atoms with Gasteiger partial charge in [-0.1, -0.05) is 37.6 Å². The lowest BCUT2D eigenvalue weighted by Gasteiger charge is -2.11. The van der Waals surface area contributed by atoms with Crippen LogP contribution in [-0.2, 0) is 4.74 Å². The van der Waals surface area contributed by atoms with Crippen molar-refractivity contribution in [2.45, 2.75) is 32.0 Å². The van der Waals surface area contributed by atoms with Crippen LogP contribution in [0.15, 0.2) is 97.1 Å². The van der Waals surface area contributed by atoms with Gasteiger partial charge in [0.25, 0.3) is 0 Å². The van der Waals surface area contributed by atoms with Crippen LogP contribution in [0.4, 0.5) is 0 Å². The minimum Gasteiger partial charge on any atom is -0.491 e. The van der Waals surface area contributed by atoms with Crippen LogP contribution < -0.4 is 18.9 Å². The molecule has 1 aliphatic heterocycles. The molecule has 4 aromatic carbocycles. The van der Waals surface area contributed by atoms with Crippen molar-refractivity contribution in [2.24, 2.45) is 0 Å². The molecule has 1 saturated heterocycles.